The number of H-pyrrole nitrogens is 2. The van der Waals surface area contributed by atoms with Gasteiger partial charge in [-0.15, -0.1) is 0 Å². The average Bonchev–Trinajstić information content (AvgIpc) is 4.09. The summed E-state index contributed by atoms with van der Waals surface area (Å²) in [5, 5.41) is 5.65. The molecule has 4 heterocycles. The Kier molecular flexibility index (Phi) is 25.2. The van der Waals surface area contributed by atoms with Gasteiger partial charge in [0.2, 0.25) is 11.8 Å². The Hall–Kier alpha value is -5.74. The summed E-state index contributed by atoms with van der Waals surface area (Å²) in [6.45, 7) is 25.6. The van der Waals surface area contributed by atoms with E-state index in [2.05, 4.69) is 54.8 Å². The number of carbonyl (C=O) groups is 4. The highest BCUT2D eigenvalue weighted by Gasteiger charge is 2.39. The second-order valence-corrected chi connectivity index (χ2v) is 17.2. The molecule has 2 saturated heterocycles. The molecular formula is C54H84N8O8. The molecule has 16 heteroatoms. The van der Waals surface area contributed by atoms with E-state index in [-0.39, 0.29) is 61.0 Å². The van der Waals surface area contributed by atoms with Crippen LogP contribution >= 0.6 is 0 Å². The highest BCUT2D eigenvalue weighted by molar-refractivity contribution is 5.87. The van der Waals surface area contributed by atoms with Crippen molar-refractivity contribution < 1.29 is 38.1 Å². The van der Waals surface area contributed by atoms with E-state index in [0.29, 0.717) is 50.5 Å². The van der Waals surface area contributed by atoms with E-state index in [9.17, 15) is 19.2 Å². The third kappa shape index (κ3) is 16.2. The molecule has 6 unspecified atom stereocenters. The molecule has 2 aromatic carbocycles. The normalized spacial score (nSPS) is 19.1. The highest BCUT2D eigenvalue weighted by atomic mass is 16.5. The van der Waals surface area contributed by atoms with E-state index in [1.165, 1.54) is 14.2 Å². The van der Waals surface area contributed by atoms with E-state index in [4.69, 9.17) is 18.9 Å². The first kappa shape index (κ1) is 58.6. The second-order valence-electron chi connectivity index (χ2n) is 17.2. The Morgan fingerprint density at radius 1 is 0.614 bits per heavy atom. The number of methoxy groups -OCH3 is 2. The number of benzene rings is 2. The molecule has 4 aromatic rings. The maximum atomic E-state index is 14.2. The lowest BCUT2D eigenvalue weighted by molar-refractivity contribution is -0.140. The number of hydrogen-bond donors (Lipinski definition) is 4. The van der Waals surface area contributed by atoms with Gasteiger partial charge >= 0.3 is 12.2 Å². The van der Waals surface area contributed by atoms with Gasteiger partial charge in [0.1, 0.15) is 23.7 Å². The Bertz CT molecular complexity index is 2010. The SMILES string of the molecule is CC.CC.CC.CC[C@H](C)N(Cc1ncc(-c2ccc(-c3ccc(-c4cnc(CN(C(=O)C(NC(=O)OC)C5CCOC(C)C5)[C@@H](C)CC)[nH]4)cc3)cc2)[nH]1)C(=O)C(NC(=O)OC)C1CCOC(C)C1. The fraction of sp³-hybridized carbons (Fsp3) is 0.593. The minimum Gasteiger partial charge on any atom is -0.453 e. The molecule has 16 nitrogen and oxygen atoms in total. The maximum Gasteiger partial charge on any atom is 0.407 e. The smallest absolute Gasteiger partial charge is 0.407 e. The first-order chi connectivity index (χ1) is 33.8. The zero-order chi connectivity index (χ0) is 51.9. The zero-order valence-electron chi connectivity index (χ0n) is 44.5. The number of nitrogens with one attached hydrogen (secondary N) is 4. The number of aromatic amines is 2. The van der Waals surface area contributed by atoms with Crippen molar-refractivity contribution in [2.45, 2.75) is 171 Å². The predicted molar refractivity (Wildman–Crippen MR) is 277 cm³/mol. The molecule has 2 fully saturated rings. The molecule has 6 rings (SSSR count). The van der Waals surface area contributed by atoms with Gasteiger partial charge in [-0.05, 0) is 100 Å². The van der Waals surface area contributed by atoms with Crippen molar-refractivity contribution in [1.82, 2.24) is 40.4 Å². The van der Waals surface area contributed by atoms with E-state index in [0.717, 1.165) is 46.5 Å². The van der Waals surface area contributed by atoms with Gasteiger partial charge in [-0.25, -0.2) is 19.6 Å². The fourth-order valence-corrected chi connectivity index (χ4v) is 8.69. The van der Waals surface area contributed by atoms with Gasteiger partial charge in [0.05, 0.1) is 63.3 Å². The lowest BCUT2D eigenvalue weighted by Crippen LogP contribution is -2.55. The summed E-state index contributed by atoms with van der Waals surface area (Å²) < 4.78 is 21.3. The van der Waals surface area contributed by atoms with Gasteiger partial charge in [0, 0.05) is 25.3 Å². The van der Waals surface area contributed by atoms with Crippen molar-refractivity contribution >= 4 is 24.0 Å². The van der Waals surface area contributed by atoms with Crippen LogP contribution in [0.1, 0.15) is 133 Å². The standard InChI is InChI=1S/C48H66N8O8.3C2H6/c1-9-29(3)55(45(57)43(53-47(59)61-7)37-19-21-63-31(5)23-37)27-41-49-25-39(51-41)35-15-11-33(12-16-35)34-13-17-36(18-14-34)40-26-50-42(52-40)28-56(30(4)10-2)46(58)44(54-48(60)62-8)38-20-22-64-32(6)24-38;3*1-2/h11-18,25-26,29-32,37-38,43-44H,9-10,19-24,27-28H2,1-8H3,(H,49,51)(H,50,52)(H,53,59)(H,54,60);3*1-2H3/t29-,30-,31?,32?,37?,38?,43?,44?;;;/m0.../s1. The van der Waals surface area contributed by atoms with Crippen LogP contribution in [0.4, 0.5) is 9.59 Å². The Morgan fingerprint density at radius 2 is 0.943 bits per heavy atom. The Labute approximate surface area is 417 Å². The molecule has 0 bridgehead atoms. The van der Waals surface area contributed by atoms with Gasteiger partial charge in [-0.2, -0.15) is 0 Å². The average molecular weight is 973 g/mol. The van der Waals surface area contributed by atoms with Gasteiger partial charge < -0.3 is 49.3 Å². The molecule has 0 spiro atoms. The summed E-state index contributed by atoms with van der Waals surface area (Å²) in [4.78, 5) is 72.9. The second kappa shape index (κ2) is 30.1. The Balaban J connectivity index is 0.00000208. The molecule has 2 aliphatic rings. The number of carbonyl (C=O) groups excluding carboxylic acids is 4. The largest absolute Gasteiger partial charge is 0.453 e. The molecule has 4 N–H and O–H groups in total. The summed E-state index contributed by atoms with van der Waals surface area (Å²) >= 11 is 0. The zero-order valence-corrected chi connectivity index (χ0v) is 44.5. The van der Waals surface area contributed by atoms with Gasteiger partial charge in [0.25, 0.3) is 0 Å². The summed E-state index contributed by atoms with van der Waals surface area (Å²) in [5.74, 6) is 0.793. The fourth-order valence-electron chi connectivity index (χ4n) is 8.69. The van der Waals surface area contributed by atoms with E-state index >= 15 is 0 Å². The number of amides is 4. The third-order valence-electron chi connectivity index (χ3n) is 12.9. The quantitative estimate of drug-likeness (QED) is 0.0791. The number of imidazole rings is 2. The van der Waals surface area contributed by atoms with Gasteiger partial charge in [-0.3, -0.25) is 9.59 Å². The third-order valence-corrected chi connectivity index (χ3v) is 12.9. The van der Waals surface area contributed by atoms with Crippen LogP contribution in [0.5, 0.6) is 0 Å². The van der Waals surface area contributed by atoms with Crippen LogP contribution in [0.15, 0.2) is 60.9 Å². The van der Waals surface area contributed by atoms with Crippen LogP contribution in [0, 0.1) is 11.8 Å². The monoisotopic (exact) mass is 973 g/mol. The molecule has 0 aliphatic carbocycles. The minimum atomic E-state index is -0.743. The predicted octanol–water partition coefficient (Wildman–Crippen LogP) is 10.5. The first-order valence-corrected chi connectivity index (χ1v) is 25.6. The van der Waals surface area contributed by atoms with Crippen LogP contribution in [0.2, 0.25) is 0 Å². The van der Waals surface area contributed by atoms with Crippen molar-refractivity contribution in [2.24, 2.45) is 11.8 Å². The Morgan fingerprint density at radius 3 is 1.24 bits per heavy atom. The minimum absolute atomic E-state index is 0.0105. The molecule has 4 amide bonds. The van der Waals surface area contributed by atoms with E-state index in [1.807, 2.05) is 107 Å². The first-order valence-electron chi connectivity index (χ1n) is 25.6. The molecule has 0 saturated carbocycles. The number of rotatable bonds is 17. The summed E-state index contributed by atoms with van der Waals surface area (Å²) in [6.07, 6.45) is 6.38. The van der Waals surface area contributed by atoms with Crippen molar-refractivity contribution in [1.29, 1.82) is 0 Å². The lowest BCUT2D eigenvalue weighted by atomic mass is 9.87. The lowest BCUT2D eigenvalue weighted by Gasteiger charge is -2.37. The van der Waals surface area contributed by atoms with E-state index < -0.39 is 24.3 Å². The van der Waals surface area contributed by atoms with Crippen molar-refractivity contribution in [3.05, 3.63) is 72.6 Å². The van der Waals surface area contributed by atoms with Gasteiger partial charge in [-0.1, -0.05) is 104 Å². The molecule has 2 aromatic heterocycles. The molecule has 70 heavy (non-hydrogen) atoms. The van der Waals surface area contributed by atoms with Crippen molar-refractivity contribution in [3.63, 3.8) is 0 Å². The molecule has 388 valence electrons. The topological polar surface area (TPSA) is 193 Å². The number of aromatic nitrogens is 4. The molecular weight excluding hydrogens is 889 g/mol. The summed E-state index contributed by atoms with van der Waals surface area (Å²) in [7, 11) is 2.60. The van der Waals surface area contributed by atoms with Gasteiger partial charge in [0.15, 0.2) is 0 Å². The van der Waals surface area contributed by atoms with E-state index in [1.54, 1.807) is 22.2 Å². The number of nitrogens with zero attached hydrogens (tertiary/aromatic N) is 4. The van der Waals surface area contributed by atoms with Crippen molar-refractivity contribution in [2.75, 3.05) is 27.4 Å². The molecule has 0 radical (unpaired) electrons. The molecule has 8 atom stereocenters. The van der Waals surface area contributed by atoms with Crippen LogP contribution in [0.25, 0.3) is 33.6 Å². The van der Waals surface area contributed by atoms with Crippen LogP contribution in [-0.4, -0.2) is 118 Å². The van der Waals surface area contributed by atoms with Crippen molar-refractivity contribution in [3.8, 4) is 33.6 Å². The molecule has 2 aliphatic heterocycles. The maximum absolute atomic E-state index is 14.2. The number of hydrogen-bond acceptors (Lipinski definition) is 10. The summed E-state index contributed by atoms with van der Waals surface area (Å²) in [6, 6.07) is 14.7. The highest BCUT2D eigenvalue weighted by Crippen LogP contribution is 2.30. The van der Waals surface area contributed by atoms with Crippen LogP contribution in [-0.2, 0) is 41.6 Å². The van der Waals surface area contributed by atoms with Crippen LogP contribution in [0.3, 0.4) is 0 Å². The number of alkyl carbamates (subject to hydrolysis) is 2. The number of ether oxygens (including phenoxy) is 4. The van der Waals surface area contributed by atoms with Crippen LogP contribution < -0.4 is 10.6 Å². The summed E-state index contributed by atoms with van der Waals surface area (Å²) in [5.41, 5.74) is 5.63.